The molecule has 0 radical (unpaired) electrons. The number of piperazine rings is 1. The van der Waals surface area contributed by atoms with Crippen molar-refractivity contribution in [1.82, 2.24) is 14.5 Å². The molecule has 0 aliphatic carbocycles. The zero-order chi connectivity index (χ0) is 33.7. The van der Waals surface area contributed by atoms with Gasteiger partial charge in [0.15, 0.2) is 0 Å². The number of aromatic carboxylic acids is 2. The minimum Gasteiger partial charge on any atom is -0.491 e. The normalized spacial score (nSPS) is 13.8. The van der Waals surface area contributed by atoms with Crippen molar-refractivity contribution in [3.05, 3.63) is 66.0 Å². The second-order valence-electron chi connectivity index (χ2n) is 11.5. The molecule has 258 valence electrons. The van der Waals surface area contributed by atoms with E-state index in [0.717, 1.165) is 39.1 Å². The summed E-state index contributed by atoms with van der Waals surface area (Å²) in [4.78, 5) is 31.7. The lowest BCUT2D eigenvalue weighted by molar-refractivity contribution is -0.00525. The van der Waals surface area contributed by atoms with Crippen LogP contribution in [0.5, 0.6) is 5.75 Å². The number of carbonyl (C=O) groups is 2. The van der Waals surface area contributed by atoms with Crippen LogP contribution in [0, 0.1) is 0 Å². The molecule has 0 unspecified atom stereocenters. The average Bonchev–Trinajstić information content (AvgIpc) is 3.39. The van der Waals surface area contributed by atoms with E-state index in [1.165, 1.54) is 45.7 Å². The van der Waals surface area contributed by atoms with Crippen molar-refractivity contribution < 1.29 is 43.5 Å². The molecule has 1 saturated heterocycles. The third-order valence-corrected chi connectivity index (χ3v) is 8.36. The molecule has 0 spiro atoms. The number of ether oxygens (including phenoxy) is 5. The maximum atomic E-state index is 11.3. The van der Waals surface area contributed by atoms with Crippen LogP contribution in [0.1, 0.15) is 27.1 Å². The lowest BCUT2D eigenvalue weighted by atomic mass is 10.1. The van der Waals surface area contributed by atoms with Gasteiger partial charge in [0, 0.05) is 75.2 Å². The number of carboxylic acids is 2. The summed E-state index contributed by atoms with van der Waals surface area (Å²) < 4.78 is 30.0. The van der Waals surface area contributed by atoms with Gasteiger partial charge < -0.3 is 43.4 Å². The van der Waals surface area contributed by atoms with Gasteiger partial charge in [-0.25, -0.2) is 9.59 Å². The number of nitrogens with zero attached hydrogens (tertiary/aromatic N) is 4. The molecule has 2 aromatic carbocycles. The van der Waals surface area contributed by atoms with E-state index < -0.39 is 11.9 Å². The predicted molar refractivity (Wildman–Crippen MR) is 181 cm³/mol. The molecule has 0 saturated carbocycles. The molecule has 1 aliphatic rings. The number of fused-ring (bicyclic) bond motifs is 3. The highest BCUT2D eigenvalue weighted by atomic mass is 16.6. The molecule has 13 heteroatoms. The molecular formula is C35H44N4O9. The van der Waals surface area contributed by atoms with Gasteiger partial charge in [-0.15, -0.1) is 0 Å². The number of carboxylic acid groups (broad SMARTS) is 2. The van der Waals surface area contributed by atoms with Crippen LogP contribution in [-0.4, -0.2) is 129 Å². The van der Waals surface area contributed by atoms with Crippen molar-refractivity contribution in [2.24, 2.45) is 7.05 Å². The van der Waals surface area contributed by atoms with Crippen molar-refractivity contribution in [3.8, 4) is 5.75 Å². The fourth-order valence-electron chi connectivity index (χ4n) is 5.82. The fourth-order valence-corrected chi connectivity index (χ4v) is 5.82. The summed E-state index contributed by atoms with van der Waals surface area (Å²) in [5.74, 6) is -2.37. The molecule has 2 aromatic heterocycles. The predicted octanol–water partition coefficient (Wildman–Crippen LogP) is 3.78. The highest BCUT2D eigenvalue weighted by Gasteiger charge is 2.19. The lowest BCUT2D eigenvalue weighted by Crippen LogP contribution is -2.46. The quantitative estimate of drug-likeness (QED) is 0.133. The number of benzene rings is 2. The Kier molecular flexibility index (Phi) is 13.0. The first-order chi connectivity index (χ1) is 23.4. The SMILES string of the molecule is Cn1c2ccncc2c2ccc(N3CCN(CCCOCCOCCOCCOCCOc4ccc(C(=O)O)c(C(=O)O)c4)CC3)cc21. The maximum Gasteiger partial charge on any atom is 0.336 e. The minimum atomic E-state index is -1.33. The lowest BCUT2D eigenvalue weighted by Gasteiger charge is -2.36. The number of hydrogen-bond donors (Lipinski definition) is 2. The van der Waals surface area contributed by atoms with E-state index in [1.807, 2.05) is 12.4 Å². The van der Waals surface area contributed by atoms with Crippen LogP contribution in [0.3, 0.4) is 0 Å². The van der Waals surface area contributed by atoms with Crippen molar-refractivity contribution >= 4 is 39.4 Å². The molecule has 1 aliphatic heterocycles. The van der Waals surface area contributed by atoms with E-state index in [0.29, 0.717) is 46.2 Å². The summed E-state index contributed by atoms with van der Waals surface area (Å²) in [6.07, 6.45) is 4.79. The molecule has 0 amide bonds. The molecule has 1 fully saturated rings. The van der Waals surface area contributed by atoms with Crippen LogP contribution in [-0.2, 0) is 26.0 Å². The summed E-state index contributed by atoms with van der Waals surface area (Å²) in [5, 5.41) is 20.7. The number of rotatable bonds is 20. The summed E-state index contributed by atoms with van der Waals surface area (Å²) >= 11 is 0. The van der Waals surface area contributed by atoms with Crippen molar-refractivity contribution in [2.75, 3.05) is 97.1 Å². The Labute approximate surface area is 279 Å². The molecule has 4 aromatic rings. The van der Waals surface area contributed by atoms with Gasteiger partial charge in [-0.1, -0.05) is 6.07 Å². The zero-order valence-electron chi connectivity index (χ0n) is 27.3. The number of hydrogen-bond acceptors (Lipinski definition) is 10. The summed E-state index contributed by atoms with van der Waals surface area (Å²) in [7, 11) is 2.12. The van der Waals surface area contributed by atoms with Crippen LogP contribution < -0.4 is 9.64 Å². The topological polar surface area (TPSA) is 145 Å². The first kappa shape index (κ1) is 35.0. The van der Waals surface area contributed by atoms with E-state index in [1.54, 1.807) is 0 Å². The van der Waals surface area contributed by atoms with Gasteiger partial charge in [0.1, 0.15) is 12.4 Å². The smallest absolute Gasteiger partial charge is 0.336 e. The van der Waals surface area contributed by atoms with Crippen LogP contribution in [0.25, 0.3) is 21.8 Å². The van der Waals surface area contributed by atoms with Crippen molar-refractivity contribution in [2.45, 2.75) is 6.42 Å². The maximum absolute atomic E-state index is 11.3. The first-order valence-corrected chi connectivity index (χ1v) is 16.3. The van der Waals surface area contributed by atoms with E-state index in [-0.39, 0.29) is 30.1 Å². The third-order valence-electron chi connectivity index (χ3n) is 8.36. The molecular weight excluding hydrogens is 620 g/mol. The highest BCUT2D eigenvalue weighted by molar-refractivity contribution is 6.08. The number of aromatic nitrogens is 2. The van der Waals surface area contributed by atoms with Gasteiger partial charge >= 0.3 is 11.9 Å². The number of aryl methyl sites for hydroxylation is 1. The molecule has 5 rings (SSSR count). The summed E-state index contributed by atoms with van der Waals surface area (Å²) in [6.45, 7) is 9.08. The van der Waals surface area contributed by atoms with Gasteiger partial charge in [-0.05, 0) is 42.8 Å². The number of pyridine rings is 1. The van der Waals surface area contributed by atoms with Gasteiger partial charge in [0.25, 0.3) is 0 Å². The van der Waals surface area contributed by atoms with Gasteiger partial charge in [-0.3, -0.25) is 9.88 Å². The zero-order valence-corrected chi connectivity index (χ0v) is 27.3. The van der Waals surface area contributed by atoms with Crippen LogP contribution in [0.15, 0.2) is 54.9 Å². The minimum absolute atomic E-state index is 0.188. The van der Waals surface area contributed by atoms with Crippen LogP contribution in [0.2, 0.25) is 0 Å². The Morgan fingerprint density at radius 1 is 0.708 bits per heavy atom. The van der Waals surface area contributed by atoms with Crippen molar-refractivity contribution in [3.63, 3.8) is 0 Å². The Morgan fingerprint density at radius 2 is 1.35 bits per heavy atom. The van der Waals surface area contributed by atoms with Crippen molar-refractivity contribution in [1.29, 1.82) is 0 Å². The second-order valence-corrected chi connectivity index (χ2v) is 11.5. The van der Waals surface area contributed by atoms with E-state index in [2.05, 4.69) is 50.7 Å². The Balaban J connectivity index is 0.827. The molecule has 3 heterocycles. The Morgan fingerprint density at radius 3 is 2.02 bits per heavy atom. The van der Waals surface area contributed by atoms with E-state index in [9.17, 15) is 14.7 Å². The van der Waals surface area contributed by atoms with Gasteiger partial charge in [-0.2, -0.15) is 0 Å². The van der Waals surface area contributed by atoms with Gasteiger partial charge in [0.05, 0.1) is 68.4 Å². The molecule has 0 atom stereocenters. The second kappa shape index (κ2) is 17.8. The van der Waals surface area contributed by atoms with Crippen LogP contribution >= 0.6 is 0 Å². The van der Waals surface area contributed by atoms with Crippen LogP contribution in [0.4, 0.5) is 5.69 Å². The summed E-state index contributed by atoms with van der Waals surface area (Å²) in [5.41, 5.74) is 3.10. The highest BCUT2D eigenvalue weighted by Crippen LogP contribution is 2.31. The monoisotopic (exact) mass is 664 g/mol. The largest absolute Gasteiger partial charge is 0.491 e. The molecule has 13 nitrogen and oxygen atoms in total. The molecule has 2 N–H and O–H groups in total. The van der Waals surface area contributed by atoms with Gasteiger partial charge in [0.2, 0.25) is 0 Å². The number of anilines is 1. The average molecular weight is 665 g/mol. The molecule has 48 heavy (non-hydrogen) atoms. The van der Waals surface area contributed by atoms with E-state index in [4.69, 9.17) is 28.8 Å². The fraction of sp³-hybridized carbons (Fsp3) is 0.457. The van der Waals surface area contributed by atoms with E-state index >= 15 is 0 Å². The third kappa shape index (κ3) is 9.42. The first-order valence-electron chi connectivity index (χ1n) is 16.3. The Bertz CT molecular complexity index is 1650. The summed E-state index contributed by atoms with van der Waals surface area (Å²) in [6, 6.07) is 12.7. The molecule has 0 bridgehead atoms. The standard InChI is InChI=1S/C35H44N4O9/c1-37-32-7-8-36-25-31(32)28-5-3-26(23-33(28)37)39-12-10-38(11-13-39)9-2-14-44-15-16-45-17-18-46-19-20-47-21-22-48-27-4-6-29(34(40)41)30(24-27)35(42)43/h3-8,23-25H,2,9-22H2,1H3,(H,40,41)(H,42,43). The Hall–Kier alpha value is -4.27.